The number of halogens is 2. The zero-order chi connectivity index (χ0) is 12.4. The average Bonchev–Trinajstić information content (AvgIpc) is 2.31. The van der Waals surface area contributed by atoms with Crippen LogP contribution in [0.3, 0.4) is 0 Å². The Balaban J connectivity index is 0.00000162. The summed E-state index contributed by atoms with van der Waals surface area (Å²) < 4.78 is 13.1. The van der Waals surface area contributed by atoms with Crippen LogP contribution in [0.2, 0.25) is 0 Å². The van der Waals surface area contributed by atoms with E-state index in [-0.39, 0.29) is 36.2 Å². The molecule has 2 unspecified atom stereocenters. The Bertz CT molecular complexity index is 427. The third kappa shape index (κ3) is 3.21. The van der Waals surface area contributed by atoms with Crippen molar-refractivity contribution in [2.75, 3.05) is 13.1 Å². The van der Waals surface area contributed by atoms with E-state index in [0.717, 1.165) is 6.54 Å². The molecule has 2 rings (SSSR count). The lowest BCUT2D eigenvalue weighted by atomic mass is 10.1. The van der Waals surface area contributed by atoms with Gasteiger partial charge in [-0.15, -0.1) is 12.4 Å². The van der Waals surface area contributed by atoms with Crippen LogP contribution in [0.1, 0.15) is 24.2 Å². The normalized spacial score (nSPS) is 23.4. The first-order valence-corrected chi connectivity index (χ1v) is 5.88. The summed E-state index contributed by atoms with van der Waals surface area (Å²) in [5.74, 6) is -0.461. The molecule has 1 amide bonds. The maximum Gasteiger partial charge on any atom is 0.254 e. The van der Waals surface area contributed by atoms with Crippen LogP contribution in [-0.4, -0.2) is 36.0 Å². The van der Waals surface area contributed by atoms with E-state index < -0.39 is 0 Å². The van der Waals surface area contributed by atoms with Gasteiger partial charge in [-0.3, -0.25) is 4.79 Å². The van der Waals surface area contributed by atoms with E-state index in [0.29, 0.717) is 12.1 Å². The van der Waals surface area contributed by atoms with Gasteiger partial charge in [0.1, 0.15) is 5.82 Å². The number of carbonyl (C=O) groups excluding carboxylic acids is 1. The maximum atomic E-state index is 13.1. The molecule has 100 valence electrons. The topological polar surface area (TPSA) is 32.3 Å². The first-order valence-electron chi connectivity index (χ1n) is 5.88. The van der Waals surface area contributed by atoms with Gasteiger partial charge < -0.3 is 10.2 Å². The summed E-state index contributed by atoms with van der Waals surface area (Å²) in [5.41, 5.74) is 0.422. The SMILES string of the molecule is CC1CN(C(=O)c2cccc(F)c2)C(C)CN1.Cl. The predicted octanol–water partition coefficient (Wildman–Crippen LogP) is 2.07. The lowest BCUT2D eigenvalue weighted by Gasteiger charge is -2.37. The smallest absolute Gasteiger partial charge is 0.254 e. The van der Waals surface area contributed by atoms with Crippen molar-refractivity contribution in [1.82, 2.24) is 10.2 Å². The van der Waals surface area contributed by atoms with Crippen molar-refractivity contribution >= 4 is 18.3 Å². The fourth-order valence-corrected chi connectivity index (χ4v) is 2.09. The van der Waals surface area contributed by atoms with E-state index in [9.17, 15) is 9.18 Å². The highest BCUT2D eigenvalue weighted by Gasteiger charge is 2.27. The molecule has 1 aromatic rings. The van der Waals surface area contributed by atoms with E-state index >= 15 is 0 Å². The Hall–Kier alpha value is -1.13. The molecule has 5 heteroatoms. The fraction of sp³-hybridized carbons (Fsp3) is 0.462. The highest BCUT2D eigenvalue weighted by atomic mass is 35.5. The molecule has 0 spiro atoms. The fourth-order valence-electron chi connectivity index (χ4n) is 2.09. The first-order chi connectivity index (χ1) is 8.08. The molecule has 0 aromatic heterocycles. The Labute approximate surface area is 113 Å². The van der Waals surface area contributed by atoms with Crippen molar-refractivity contribution in [2.45, 2.75) is 25.9 Å². The van der Waals surface area contributed by atoms with Crippen LogP contribution in [0.15, 0.2) is 24.3 Å². The summed E-state index contributed by atoms with van der Waals surface area (Å²) in [6, 6.07) is 6.29. The van der Waals surface area contributed by atoms with E-state index in [4.69, 9.17) is 0 Å². The Morgan fingerprint density at radius 2 is 2.17 bits per heavy atom. The number of carbonyl (C=O) groups is 1. The second kappa shape index (κ2) is 6.16. The molecule has 1 heterocycles. The molecule has 3 nitrogen and oxygen atoms in total. The molecular weight excluding hydrogens is 255 g/mol. The summed E-state index contributed by atoms with van der Waals surface area (Å²) in [4.78, 5) is 14.0. The molecule has 0 bridgehead atoms. The summed E-state index contributed by atoms with van der Waals surface area (Å²) >= 11 is 0. The second-order valence-corrected chi connectivity index (χ2v) is 4.63. The van der Waals surface area contributed by atoms with Gasteiger partial charge in [0, 0.05) is 30.7 Å². The number of amides is 1. The van der Waals surface area contributed by atoms with Gasteiger partial charge in [0.2, 0.25) is 0 Å². The van der Waals surface area contributed by atoms with Crippen LogP contribution >= 0.6 is 12.4 Å². The third-order valence-electron chi connectivity index (χ3n) is 3.10. The number of benzene rings is 1. The van der Waals surface area contributed by atoms with Crippen LogP contribution in [0.5, 0.6) is 0 Å². The largest absolute Gasteiger partial charge is 0.333 e. The molecule has 0 saturated carbocycles. The Kier molecular flexibility index (Phi) is 5.11. The Morgan fingerprint density at radius 3 is 2.83 bits per heavy atom. The molecule has 1 N–H and O–H groups in total. The number of rotatable bonds is 1. The molecule has 1 aliphatic heterocycles. The van der Waals surface area contributed by atoms with Crippen LogP contribution in [0.4, 0.5) is 4.39 Å². The lowest BCUT2D eigenvalue weighted by molar-refractivity contribution is 0.0616. The molecule has 2 atom stereocenters. The zero-order valence-electron chi connectivity index (χ0n) is 10.5. The first kappa shape index (κ1) is 14.9. The monoisotopic (exact) mass is 272 g/mol. The van der Waals surface area contributed by atoms with Crippen molar-refractivity contribution in [3.8, 4) is 0 Å². The molecule has 1 aromatic carbocycles. The van der Waals surface area contributed by atoms with Gasteiger partial charge in [-0.05, 0) is 32.0 Å². The van der Waals surface area contributed by atoms with Crippen LogP contribution in [0, 0.1) is 5.82 Å². The van der Waals surface area contributed by atoms with Gasteiger partial charge in [0.25, 0.3) is 5.91 Å². The minimum Gasteiger partial charge on any atom is -0.333 e. The summed E-state index contributed by atoms with van der Waals surface area (Å²) in [5, 5.41) is 3.31. The van der Waals surface area contributed by atoms with Crippen molar-refractivity contribution in [1.29, 1.82) is 0 Å². The highest BCUT2D eigenvalue weighted by Crippen LogP contribution is 2.13. The van der Waals surface area contributed by atoms with E-state index in [2.05, 4.69) is 5.32 Å². The number of hydrogen-bond donors (Lipinski definition) is 1. The zero-order valence-corrected chi connectivity index (χ0v) is 11.3. The lowest BCUT2D eigenvalue weighted by Crippen LogP contribution is -2.56. The molecule has 1 fully saturated rings. The minimum absolute atomic E-state index is 0. The highest BCUT2D eigenvalue weighted by molar-refractivity contribution is 5.94. The molecule has 1 aliphatic rings. The van der Waals surface area contributed by atoms with Gasteiger partial charge in [-0.2, -0.15) is 0 Å². The molecular formula is C13H18ClFN2O. The van der Waals surface area contributed by atoms with Gasteiger partial charge in [0.15, 0.2) is 0 Å². The van der Waals surface area contributed by atoms with Gasteiger partial charge in [-0.25, -0.2) is 4.39 Å². The summed E-state index contributed by atoms with van der Waals surface area (Å²) in [6.45, 7) is 5.48. The quantitative estimate of drug-likeness (QED) is 0.849. The molecule has 0 radical (unpaired) electrons. The summed E-state index contributed by atoms with van der Waals surface area (Å²) in [6.07, 6.45) is 0. The van der Waals surface area contributed by atoms with Gasteiger partial charge >= 0.3 is 0 Å². The van der Waals surface area contributed by atoms with Crippen LogP contribution in [0.25, 0.3) is 0 Å². The summed E-state index contributed by atoms with van der Waals surface area (Å²) in [7, 11) is 0. The van der Waals surface area contributed by atoms with Gasteiger partial charge in [0.05, 0.1) is 0 Å². The van der Waals surface area contributed by atoms with Gasteiger partial charge in [-0.1, -0.05) is 6.07 Å². The Morgan fingerprint density at radius 1 is 1.44 bits per heavy atom. The van der Waals surface area contributed by atoms with Crippen LogP contribution < -0.4 is 5.32 Å². The average molecular weight is 273 g/mol. The predicted molar refractivity (Wildman–Crippen MR) is 71.6 cm³/mol. The van der Waals surface area contributed by atoms with Crippen molar-refractivity contribution in [2.24, 2.45) is 0 Å². The molecule has 0 aliphatic carbocycles. The van der Waals surface area contributed by atoms with Crippen molar-refractivity contribution in [3.05, 3.63) is 35.6 Å². The maximum absolute atomic E-state index is 13.1. The molecule has 1 saturated heterocycles. The van der Waals surface area contributed by atoms with E-state index in [1.807, 2.05) is 13.8 Å². The number of piperazine rings is 1. The number of hydrogen-bond acceptors (Lipinski definition) is 2. The van der Waals surface area contributed by atoms with E-state index in [1.54, 1.807) is 17.0 Å². The number of nitrogens with one attached hydrogen (secondary N) is 1. The van der Waals surface area contributed by atoms with Crippen molar-refractivity contribution in [3.63, 3.8) is 0 Å². The standard InChI is InChI=1S/C13H17FN2O.ClH/c1-9-8-16(10(2)7-15-9)13(17)11-4-3-5-12(14)6-11;/h3-6,9-10,15H,7-8H2,1-2H3;1H. The molecule has 18 heavy (non-hydrogen) atoms. The minimum atomic E-state index is -0.369. The number of nitrogens with zero attached hydrogens (tertiary/aromatic N) is 1. The van der Waals surface area contributed by atoms with E-state index in [1.165, 1.54) is 12.1 Å². The van der Waals surface area contributed by atoms with Crippen molar-refractivity contribution < 1.29 is 9.18 Å². The third-order valence-corrected chi connectivity index (χ3v) is 3.10. The second-order valence-electron chi connectivity index (χ2n) is 4.63. The van der Waals surface area contributed by atoms with Crippen LogP contribution in [-0.2, 0) is 0 Å².